The fourth-order valence-electron chi connectivity index (χ4n) is 12.4. The molecule has 1 aromatic heterocycles. The summed E-state index contributed by atoms with van der Waals surface area (Å²) in [6.07, 6.45) is 5.84. The Morgan fingerprint density at radius 3 is 2.37 bits per heavy atom. The monoisotopic (exact) mass is 1030 g/mol. The molecule has 1 saturated carbocycles. The van der Waals surface area contributed by atoms with E-state index in [2.05, 4.69) is 32.8 Å². The molecule has 19 heteroatoms. The van der Waals surface area contributed by atoms with Crippen LogP contribution in [-0.2, 0) is 22.2 Å². The number of aromatic nitrogens is 2. The summed E-state index contributed by atoms with van der Waals surface area (Å²) in [5, 5.41) is 19.9. The Morgan fingerprint density at radius 2 is 1.69 bits per heavy atom. The summed E-state index contributed by atoms with van der Waals surface area (Å²) in [6.45, 7) is 6.75. The molecule has 3 saturated heterocycles. The van der Waals surface area contributed by atoms with Crippen LogP contribution in [0.5, 0.6) is 11.5 Å². The number of piperidine rings is 2. The average Bonchev–Trinajstić information content (AvgIpc) is 3.88. The molecule has 10 rings (SSSR count). The number of amides is 5. The molecule has 1 aliphatic carbocycles. The number of fused-ring (bicyclic) bond motifs is 2. The number of benzene rings is 3. The maximum absolute atomic E-state index is 16.5. The van der Waals surface area contributed by atoms with Crippen LogP contribution in [0.2, 0.25) is 0 Å². The van der Waals surface area contributed by atoms with Gasteiger partial charge in [0.15, 0.2) is 28.8 Å². The molecule has 2 atom stereocenters. The Bertz CT molecular complexity index is 3020. The Hall–Kier alpha value is -6.75. The molecule has 5 aliphatic rings. The predicted molar refractivity (Wildman–Crippen MR) is 270 cm³/mol. The lowest BCUT2D eigenvalue weighted by molar-refractivity contribution is -0.138. The van der Waals surface area contributed by atoms with Crippen molar-refractivity contribution in [2.24, 2.45) is 24.6 Å². The summed E-state index contributed by atoms with van der Waals surface area (Å²) in [7, 11) is 1.56. The molecule has 4 aliphatic heterocycles. The molecule has 2 unspecified atom stereocenters. The fourth-order valence-corrected chi connectivity index (χ4v) is 12.4. The lowest BCUT2D eigenvalue weighted by Gasteiger charge is -2.40. The number of aliphatic hydroxyl groups excluding tert-OH is 1. The minimum Gasteiger partial charge on any atom is -0.488 e. The van der Waals surface area contributed by atoms with Crippen LogP contribution in [0.25, 0.3) is 22.0 Å². The predicted octanol–water partition coefficient (Wildman–Crippen LogP) is 7.28. The molecule has 4 fully saturated rings. The molecule has 4 aromatic carbocycles. The summed E-state index contributed by atoms with van der Waals surface area (Å²) in [5.41, 5.74) is 5.79. The van der Waals surface area contributed by atoms with E-state index < -0.39 is 52.6 Å². The number of likely N-dealkylation sites (tertiary alicyclic amines) is 2. The van der Waals surface area contributed by atoms with Crippen molar-refractivity contribution in [1.82, 2.24) is 30.2 Å². The van der Waals surface area contributed by atoms with Crippen molar-refractivity contribution in [3.63, 3.8) is 0 Å². The second kappa shape index (κ2) is 21.1. The number of urea groups is 1. The van der Waals surface area contributed by atoms with E-state index in [1.807, 2.05) is 24.0 Å². The van der Waals surface area contributed by atoms with Gasteiger partial charge in [0.2, 0.25) is 17.7 Å². The van der Waals surface area contributed by atoms with Crippen LogP contribution in [0.1, 0.15) is 109 Å². The average molecular weight is 1040 g/mol. The van der Waals surface area contributed by atoms with E-state index in [1.165, 1.54) is 40.8 Å². The van der Waals surface area contributed by atoms with Crippen molar-refractivity contribution in [2.75, 3.05) is 63.9 Å². The molecule has 0 radical (unpaired) electrons. The number of ether oxygens (including phenoxy) is 2. The van der Waals surface area contributed by atoms with Crippen molar-refractivity contribution in [2.45, 2.75) is 95.1 Å². The maximum Gasteiger partial charge on any atom is 0.329 e. The minimum absolute atomic E-state index is 0.0345. The summed E-state index contributed by atoms with van der Waals surface area (Å²) >= 11 is 0. The van der Waals surface area contributed by atoms with E-state index in [9.17, 15) is 24.3 Å². The third-order valence-electron chi connectivity index (χ3n) is 16.5. The standard InChI is InChI=1S/C56H62F4N8O7/c1-31-40(57)28-43-46(45(31)48-38(52(61)71)13-14-42(49(48)59)74-26-25-69)32(2)56(75-43,36-7-5-4-6-8-36)30-62-37-11-9-35(10-12-37)54(72)67-22-15-33(16-23-67)29-66-20-17-34(18-21-66)47-41(58)27-39-51(50(47)60)65(3)64-53(39)68-24-19-44(70)63-55(68)73/h4-5,7,13-14,27-28,32-35,37,62,69H,9-12,15-26,29-30H2,1-3H3,(H2,61,71)(H,63,70,73). The van der Waals surface area contributed by atoms with E-state index in [0.29, 0.717) is 68.9 Å². The van der Waals surface area contributed by atoms with Crippen molar-refractivity contribution in [1.29, 1.82) is 0 Å². The van der Waals surface area contributed by atoms with Gasteiger partial charge in [-0.3, -0.25) is 29.3 Å². The third-order valence-corrected chi connectivity index (χ3v) is 16.5. The highest BCUT2D eigenvalue weighted by atomic mass is 19.1. The molecule has 5 N–H and O–H groups in total. The van der Waals surface area contributed by atoms with E-state index in [4.69, 9.17) is 15.2 Å². The number of aryl methyl sites for hydroxylation is 1. The first-order valence-electron chi connectivity index (χ1n) is 26.1. The molecule has 0 spiro atoms. The maximum atomic E-state index is 16.5. The number of primary amides is 1. The van der Waals surface area contributed by atoms with Gasteiger partial charge in [0, 0.05) is 92.4 Å². The van der Waals surface area contributed by atoms with Crippen molar-refractivity contribution >= 4 is 40.5 Å². The van der Waals surface area contributed by atoms with Crippen LogP contribution in [-0.4, -0.2) is 114 Å². The van der Waals surface area contributed by atoms with E-state index in [0.717, 1.165) is 32.2 Å². The van der Waals surface area contributed by atoms with Gasteiger partial charge in [0.25, 0.3) is 0 Å². The Morgan fingerprint density at radius 1 is 0.947 bits per heavy atom. The number of aliphatic hydroxyl groups is 1. The highest BCUT2D eigenvalue weighted by Crippen LogP contribution is 2.55. The second-order valence-corrected chi connectivity index (χ2v) is 20.9. The number of nitrogens with two attached hydrogens (primary N) is 1. The first-order chi connectivity index (χ1) is 36.1. The zero-order chi connectivity index (χ0) is 52.9. The Labute approximate surface area is 432 Å². The molecule has 15 nitrogen and oxygen atoms in total. The zero-order valence-corrected chi connectivity index (χ0v) is 42.4. The summed E-state index contributed by atoms with van der Waals surface area (Å²) in [6, 6.07) is 16.1. The van der Waals surface area contributed by atoms with Crippen LogP contribution in [0.15, 0.2) is 42.5 Å². The van der Waals surface area contributed by atoms with Gasteiger partial charge < -0.3 is 35.4 Å². The summed E-state index contributed by atoms with van der Waals surface area (Å²) < 4.78 is 78.2. The first kappa shape index (κ1) is 51.7. The van der Waals surface area contributed by atoms with Gasteiger partial charge in [0.1, 0.15) is 29.5 Å². The molecular weight excluding hydrogens is 973 g/mol. The van der Waals surface area contributed by atoms with Crippen molar-refractivity contribution in [3.05, 3.63) is 106 Å². The molecule has 0 bridgehead atoms. The van der Waals surface area contributed by atoms with Gasteiger partial charge in [-0.25, -0.2) is 22.4 Å². The lowest BCUT2D eigenvalue weighted by atomic mass is 9.76. The topological polar surface area (TPSA) is 185 Å². The number of anilines is 1. The van der Waals surface area contributed by atoms with Gasteiger partial charge in [-0.05, 0) is 125 Å². The highest BCUT2D eigenvalue weighted by Gasteiger charge is 2.51. The molecule has 5 heterocycles. The molecule has 5 aromatic rings. The summed E-state index contributed by atoms with van der Waals surface area (Å²) in [4.78, 5) is 56.7. The fraction of sp³-hybridized carbons (Fsp3) is 0.482. The number of halogens is 4. The Kier molecular flexibility index (Phi) is 14.6. The normalized spacial score (nSPS) is 22.7. The van der Waals surface area contributed by atoms with Gasteiger partial charge >= 0.3 is 6.03 Å². The molecule has 75 heavy (non-hydrogen) atoms. The Balaban J connectivity index is 0.739. The molecule has 5 amide bonds. The first-order valence-corrected chi connectivity index (χ1v) is 26.1. The van der Waals surface area contributed by atoms with Gasteiger partial charge in [-0.2, -0.15) is 5.10 Å². The van der Waals surface area contributed by atoms with Crippen LogP contribution in [0.4, 0.5) is 28.2 Å². The van der Waals surface area contributed by atoms with E-state index in [-0.39, 0.29) is 113 Å². The van der Waals surface area contributed by atoms with E-state index in [1.54, 1.807) is 13.1 Å². The number of nitrogens with zero attached hydrogens (tertiary/aromatic N) is 5. The number of carbonyl (C=O) groups is 4. The van der Waals surface area contributed by atoms with Crippen molar-refractivity contribution < 1.29 is 51.3 Å². The van der Waals surface area contributed by atoms with Crippen LogP contribution < -0.4 is 30.7 Å². The van der Waals surface area contributed by atoms with Gasteiger partial charge in [-0.1, -0.05) is 25.1 Å². The van der Waals surface area contributed by atoms with Gasteiger partial charge in [0.05, 0.1) is 17.6 Å². The minimum atomic E-state index is -1.16. The van der Waals surface area contributed by atoms with Crippen LogP contribution in [0.3, 0.4) is 0 Å². The van der Waals surface area contributed by atoms with Crippen LogP contribution >= 0.6 is 0 Å². The summed E-state index contributed by atoms with van der Waals surface area (Å²) in [5.74, 6) is -4.58. The third kappa shape index (κ3) is 9.65. The number of imide groups is 1. The highest BCUT2D eigenvalue weighted by molar-refractivity contribution is 6.09. The van der Waals surface area contributed by atoms with E-state index >= 15 is 17.6 Å². The SMILES string of the molecule is Cc1c(F)cc2c(c1-c1c(C(N)=O)ccc(OCCO)c1F)C(C)C(CNC1CCC(C(=O)N3CCC(CN4CCC(c5c(F)cc6c(N7CCC(=O)NC7=O)nn(C)c6c5F)CC4)CC3)CC1)(c1c#cccc1)O2. The van der Waals surface area contributed by atoms with Crippen molar-refractivity contribution in [3.8, 4) is 22.6 Å². The zero-order valence-electron chi connectivity index (χ0n) is 42.4. The number of hydrogen-bond acceptors (Lipinski definition) is 10. The quantitative estimate of drug-likeness (QED) is 0.0825. The number of carbonyl (C=O) groups excluding carboxylic acids is 4. The number of nitrogens with one attached hydrogen (secondary N) is 2. The second-order valence-electron chi connectivity index (χ2n) is 20.9. The van der Waals surface area contributed by atoms with Crippen LogP contribution in [0, 0.1) is 54.2 Å². The smallest absolute Gasteiger partial charge is 0.329 e. The number of hydrogen-bond donors (Lipinski definition) is 4. The molecular formula is C56H62F4N8O7. The van der Waals surface area contributed by atoms with Gasteiger partial charge in [-0.15, -0.1) is 0 Å². The largest absolute Gasteiger partial charge is 0.488 e. The molecule has 396 valence electrons. The number of rotatable bonds is 14. The lowest BCUT2D eigenvalue weighted by Crippen LogP contribution is -2.49.